The molecule has 1 aliphatic rings. The molecule has 0 N–H and O–H groups in total. The number of hydrogen-bond acceptors (Lipinski definition) is 2. The van der Waals surface area contributed by atoms with Crippen molar-refractivity contribution in [3.8, 4) is 5.75 Å². The van der Waals surface area contributed by atoms with E-state index in [-0.39, 0.29) is 11.8 Å². The molecular formula is C14H17F3N2O2. The number of piperidine rings is 1. The molecule has 116 valence electrons. The minimum Gasteiger partial charge on any atom is -0.406 e. The number of likely N-dealkylation sites (tertiary alicyclic amines) is 1. The molecule has 0 aromatic heterocycles. The Morgan fingerprint density at radius 1 is 1.14 bits per heavy atom. The average Bonchev–Trinajstić information content (AvgIpc) is 2.46. The first-order chi connectivity index (χ1) is 9.87. The normalized spacial score (nSPS) is 15.7. The third kappa shape index (κ3) is 4.27. The minimum atomic E-state index is -4.71. The number of halogens is 3. The molecule has 0 saturated carbocycles. The van der Waals surface area contributed by atoms with Crippen molar-refractivity contribution < 1.29 is 22.7 Å². The van der Waals surface area contributed by atoms with Crippen LogP contribution >= 0.6 is 0 Å². The van der Waals surface area contributed by atoms with Crippen molar-refractivity contribution >= 4 is 11.7 Å². The Morgan fingerprint density at radius 3 is 2.24 bits per heavy atom. The molecule has 0 atom stereocenters. The van der Waals surface area contributed by atoms with E-state index in [1.54, 1.807) is 11.9 Å². The van der Waals surface area contributed by atoms with Crippen LogP contribution in [0.1, 0.15) is 19.3 Å². The summed E-state index contributed by atoms with van der Waals surface area (Å²) in [6, 6.07) is 5.12. The van der Waals surface area contributed by atoms with Crippen LogP contribution in [-0.2, 0) is 0 Å². The number of nitrogens with zero attached hydrogens (tertiary/aromatic N) is 2. The van der Waals surface area contributed by atoms with Crippen molar-refractivity contribution in [2.24, 2.45) is 0 Å². The molecule has 0 spiro atoms. The van der Waals surface area contributed by atoms with Crippen molar-refractivity contribution in [2.45, 2.75) is 25.6 Å². The van der Waals surface area contributed by atoms with Gasteiger partial charge in [-0.25, -0.2) is 4.79 Å². The number of urea groups is 1. The molecule has 0 radical (unpaired) electrons. The van der Waals surface area contributed by atoms with Crippen LogP contribution in [0, 0.1) is 0 Å². The van der Waals surface area contributed by atoms with Gasteiger partial charge in [0.2, 0.25) is 0 Å². The highest BCUT2D eigenvalue weighted by atomic mass is 19.4. The number of carbonyl (C=O) groups excluding carboxylic acids is 1. The quantitative estimate of drug-likeness (QED) is 0.836. The molecule has 7 heteroatoms. The second kappa shape index (κ2) is 6.24. The van der Waals surface area contributed by atoms with Crippen molar-refractivity contribution in [1.82, 2.24) is 4.90 Å². The summed E-state index contributed by atoms with van der Waals surface area (Å²) in [5.74, 6) is -0.301. The number of rotatable bonds is 2. The smallest absolute Gasteiger partial charge is 0.406 e. The van der Waals surface area contributed by atoms with E-state index in [9.17, 15) is 18.0 Å². The maximum atomic E-state index is 12.3. The first-order valence-corrected chi connectivity index (χ1v) is 6.75. The van der Waals surface area contributed by atoms with E-state index in [0.717, 1.165) is 32.4 Å². The zero-order chi connectivity index (χ0) is 15.5. The number of anilines is 1. The van der Waals surface area contributed by atoms with Gasteiger partial charge in [0.1, 0.15) is 5.75 Å². The average molecular weight is 302 g/mol. The number of carbonyl (C=O) groups is 1. The topological polar surface area (TPSA) is 32.8 Å². The lowest BCUT2D eigenvalue weighted by Crippen LogP contribution is -2.43. The molecule has 2 rings (SSSR count). The summed E-state index contributed by atoms with van der Waals surface area (Å²) in [5.41, 5.74) is 0.528. The van der Waals surface area contributed by atoms with E-state index in [0.29, 0.717) is 5.69 Å². The van der Waals surface area contributed by atoms with Gasteiger partial charge in [-0.2, -0.15) is 0 Å². The third-order valence-corrected chi connectivity index (χ3v) is 3.37. The molecule has 1 aromatic carbocycles. The Labute approximate surface area is 121 Å². The Kier molecular flexibility index (Phi) is 4.59. The van der Waals surface area contributed by atoms with Gasteiger partial charge in [-0.3, -0.25) is 4.90 Å². The van der Waals surface area contributed by atoms with E-state index in [4.69, 9.17) is 0 Å². The lowest BCUT2D eigenvalue weighted by atomic mass is 10.1. The van der Waals surface area contributed by atoms with Crippen molar-refractivity contribution in [3.05, 3.63) is 24.3 Å². The summed E-state index contributed by atoms with van der Waals surface area (Å²) in [5, 5.41) is 0. The second-order valence-corrected chi connectivity index (χ2v) is 4.93. The summed E-state index contributed by atoms with van der Waals surface area (Å²) in [6.07, 6.45) is -1.62. The molecule has 0 bridgehead atoms. The Morgan fingerprint density at radius 2 is 1.71 bits per heavy atom. The van der Waals surface area contributed by atoms with Crippen LogP contribution in [0.2, 0.25) is 0 Å². The van der Waals surface area contributed by atoms with Crippen LogP contribution in [-0.4, -0.2) is 37.4 Å². The van der Waals surface area contributed by atoms with E-state index in [2.05, 4.69) is 4.74 Å². The highest BCUT2D eigenvalue weighted by Crippen LogP contribution is 2.25. The van der Waals surface area contributed by atoms with Crippen molar-refractivity contribution in [3.63, 3.8) is 0 Å². The van der Waals surface area contributed by atoms with Crippen LogP contribution in [0.5, 0.6) is 5.75 Å². The van der Waals surface area contributed by atoms with Crippen LogP contribution in [0.25, 0.3) is 0 Å². The predicted octanol–water partition coefficient (Wildman–Crippen LogP) is 3.63. The number of ether oxygens (including phenoxy) is 1. The van der Waals surface area contributed by atoms with E-state index < -0.39 is 6.36 Å². The molecule has 1 fully saturated rings. The Balaban J connectivity index is 2.02. The molecule has 2 amide bonds. The van der Waals surface area contributed by atoms with Gasteiger partial charge >= 0.3 is 12.4 Å². The number of alkyl halides is 3. The fraction of sp³-hybridized carbons (Fsp3) is 0.500. The van der Waals surface area contributed by atoms with Crippen LogP contribution in [0.15, 0.2) is 24.3 Å². The number of hydrogen-bond donors (Lipinski definition) is 0. The van der Waals surface area contributed by atoms with Crippen molar-refractivity contribution in [1.29, 1.82) is 0 Å². The van der Waals surface area contributed by atoms with Gasteiger partial charge in [0.15, 0.2) is 0 Å². The van der Waals surface area contributed by atoms with E-state index >= 15 is 0 Å². The summed E-state index contributed by atoms with van der Waals surface area (Å²) in [6.45, 7) is 1.44. The van der Waals surface area contributed by atoms with Gasteiger partial charge < -0.3 is 9.64 Å². The predicted molar refractivity (Wildman–Crippen MR) is 72.3 cm³/mol. The molecule has 0 aliphatic carbocycles. The Bertz CT molecular complexity index is 482. The minimum absolute atomic E-state index is 0.140. The molecule has 1 heterocycles. The van der Waals surface area contributed by atoms with Crippen LogP contribution in [0.3, 0.4) is 0 Å². The summed E-state index contributed by atoms with van der Waals surface area (Å²) >= 11 is 0. The molecule has 21 heavy (non-hydrogen) atoms. The van der Waals surface area contributed by atoms with Crippen molar-refractivity contribution in [2.75, 3.05) is 25.0 Å². The third-order valence-electron chi connectivity index (χ3n) is 3.37. The number of benzene rings is 1. The largest absolute Gasteiger partial charge is 0.573 e. The van der Waals surface area contributed by atoms with Gasteiger partial charge in [0.05, 0.1) is 0 Å². The summed E-state index contributed by atoms with van der Waals surface area (Å²) in [4.78, 5) is 15.4. The SMILES string of the molecule is CN(C(=O)N1CCCCC1)c1ccc(OC(F)(F)F)cc1. The molecule has 0 unspecified atom stereocenters. The fourth-order valence-corrected chi connectivity index (χ4v) is 2.28. The maximum absolute atomic E-state index is 12.3. The lowest BCUT2D eigenvalue weighted by molar-refractivity contribution is -0.274. The zero-order valence-corrected chi connectivity index (χ0v) is 11.7. The van der Waals surface area contributed by atoms with Gasteiger partial charge in [0, 0.05) is 25.8 Å². The van der Waals surface area contributed by atoms with Gasteiger partial charge in [-0.05, 0) is 43.5 Å². The molecule has 1 saturated heterocycles. The molecule has 1 aromatic rings. The first kappa shape index (κ1) is 15.5. The molecular weight excluding hydrogens is 285 g/mol. The Hall–Kier alpha value is -1.92. The summed E-state index contributed by atoms with van der Waals surface area (Å²) in [7, 11) is 1.61. The van der Waals surface area contributed by atoms with Gasteiger partial charge in [0.25, 0.3) is 0 Å². The van der Waals surface area contributed by atoms with E-state index in [1.165, 1.54) is 29.2 Å². The highest BCUT2D eigenvalue weighted by molar-refractivity contribution is 5.91. The van der Waals surface area contributed by atoms with Crippen LogP contribution in [0.4, 0.5) is 23.7 Å². The van der Waals surface area contributed by atoms with Gasteiger partial charge in [-0.15, -0.1) is 13.2 Å². The molecule has 1 aliphatic heterocycles. The monoisotopic (exact) mass is 302 g/mol. The standard InChI is InChI=1S/C14H17F3N2O2/c1-18(13(20)19-9-3-2-4-10-19)11-5-7-12(8-6-11)21-14(15,16)17/h5-8H,2-4,9-10H2,1H3. The fourth-order valence-electron chi connectivity index (χ4n) is 2.28. The highest BCUT2D eigenvalue weighted by Gasteiger charge is 2.31. The molecule has 4 nitrogen and oxygen atoms in total. The zero-order valence-electron chi connectivity index (χ0n) is 11.7. The first-order valence-electron chi connectivity index (χ1n) is 6.75. The van der Waals surface area contributed by atoms with Gasteiger partial charge in [-0.1, -0.05) is 0 Å². The number of amides is 2. The maximum Gasteiger partial charge on any atom is 0.573 e. The van der Waals surface area contributed by atoms with Crippen LogP contribution < -0.4 is 9.64 Å². The summed E-state index contributed by atoms with van der Waals surface area (Å²) < 4.78 is 40.0. The van der Waals surface area contributed by atoms with E-state index in [1.807, 2.05) is 0 Å². The lowest BCUT2D eigenvalue weighted by Gasteiger charge is -2.31. The second-order valence-electron chi connectivity index (χ2n) is 4.93.